The molecular weight excluding hydrogens is 372 g/mol. The number of nitrogens with one attached hydrogen (secondary N) is 1. The second-order valence-electron chi connectivity index (χ2n) is 5.43. The van der Waals surface area contributed by atoms with Crippen LogP contribution in [0.3, 0.4) is 0 Å². The number of amides is 2. The van der Waals surface area contributed by atoms with E-state index in [0.717, 1.165) is 10.3 Å². The lowest BCUT2D eigenvalue weighted by Crippen LogP contribution is -2.51. The summed E-state index contributed by atoms with van der Waals surface area (Å²) in [7, 11) is 0. The number of carbonyl (C=O) groups is 2. The van der Waals surface area contributed by atoms with Crippen LogP contribution in [0.2, 0.25) is 0 Å². The van der Waals surface area contributed by atoms with Crippen LogP contribution in [0.4, 0.5) is 11.5 Å². The van der Waals surface area contributed by atoms with Crippen molar-refractivity contribution in [2.75, 3.05) is 36.4 Å². The molecule has 0 aliphatic carbocycles. The summed E-state index contributed by atoms with van der Waals surface area (Å²) >= 11 is 3.34. The second kappa shape index (κ2) is 7.44. The van der Waals surface area contributed by atoms with Gasteiger partial charge in [0.05, 0.1) is 0 Å². The van der Waals surface area contributed by atoms with Crippen LogP contribution >= 0.6 is 15.9 Å². The summed E-state index contributed by atoms with van der Waals surface area (Å²) in [5.74, 6) is -0.224. The van der Waals surface area contributed by atoms with Gasteiger partial charge in [0.2, 0.25) is 0 Å². The molecule has 0 spiro atoms. The number of piperazine rings is 1. The largest absolute Gasteiger partial charge is 0.353 e. The zero-order valence-electron chi connectivity index (χ0n) is 13.0. The fourth-order valence-electron chi connectivity index (χ4n) is 2.57. The van der Waals surface area contributed by atoms with Gasteiger partial charge in [0.15, 0.2) is 0 Å². The number of rotatable bonds is 2. The summed E-state index contributed by atoms with van der Waals surface area (Å²) in [6, 6.07) is 12.9. The maximum atomic E-state index is 12.3. The van der Waals surface area contributed by atoms with Gasteiger partial charge in [0, 0.05) is 42.5 Å². The first-order valence-electron chi connectivity index (χ1n) is 7.65. The van der Waals surface area contributed by atoms with Gasteiger partial charge in [-0.05, 0) is 30.3 Å². The van der Waals surface area contributed by atoms with Crippen LogP contribution < -0.4 is 10.2 Å². The normalized spacial score (nSPS) is 14.4. The Hall–Kier alpha value is -2.41. The lowest BCUT2D eigenvalue weighted by molar-refractivity contribution is -0.143. The third-order valence-corrected chi connectivity index (χ3v) is 4.31. The standard InChI is InChI=1S/C17H17BrN4O2/c18-13-4-3-5-14(12-13)20-16(23)17(24)22-10-8-21(9-11-22)15-6-1-2-7-19-15/h1-7,12H,8-11H2,(H,20,23). The van der Waals surface area contributed by atoms with Gasteiger partial charge in [-0.2, -0.15) is 0 Å². The van der Waals surface area contributed by atoms with E-state index in [-0.39, 0.29) is 0 Å². The SMILES string of the molecule is O=C(Nc1cccc(Br)c1)C(=O)N1CCN(c2ccccn2)CC1. The molecule has 0 bridgehead atoms. The van der Waals surface area contributed by atoms with Crippen LogP contribution in [-0.2, 0) is 9.59 Å². The van der Waals surface area contributed by atoms with Gasteiger partial charge >= 0.3 is 11.8 Å². The highest BCUT2D eigenvalue weighted by Crippen LogP contribution is 2.16. The van der Waals surface area contributed by atoms with E-state index < -0.39 is 11.8 Å². The zero-order chi connectivity index (χ0) is 16.9. The molecule has 7 heteroatoms. The van der Waals surface area contributed by atoms with Crippen molar-refractivity contribution in [3.8, 4) is 0 Å². The van der Waals surface area contributed by atoms with E-state index in [2.05, 4.69) is 31.1 Å². The van der Waals surface area contributed by atoms with Crippen LogP contribution in [0, 0.1) is 0 Å². The minimum absolute atomic E-state index is 0.501. The van der Waals surface area contributed by atoms with Gasteiger partial charge in [-0.25, -0.2) is 4.98 Å². The molecule has 0 saturated carbocycles. The van der Waals surface area contributed by atoms with Gasteiger partial charge in [-0.3, -0.25) is 9.59 Å². The Balaban J connectivity index is 1.56. The molecule has 0 atom stereocenters. The Bertz CT molecular complexity index is 730. The van der Waals surface area contributed by atoms with Crippen molar-refractivity contribution in [3.05, 3.63) is 53.1 Å². The van der Waals surface area contributed by atoms with E-state index in [0.29, 0.717) is 31.9 Å². The van der Waals surface area contributed by atoms with Gasteiger partial charge in [-0.1, -0.05) is 28.1 Å². The van der Waals surface area contributed by atoms with Crippen LogP contribution in [0.25, 0.3) is 0 Å². The van der Waals surface area contributed by atoms with Gasteiger partial charge in [0.1, 0.15) is 5.82 Å². The Morgan fingerprint density at radius 1 is 1.04 bits per heavy atom. The van der Waals surface area contributed by atoms with Crippen molar-refractivity contribution in [2.24, 2.45) is 0 Å². The predicted molar refractivity (Wildman–Crippen MR) is 95.8 cm³/mol. The molecule has 1 aliphatic rings. The van der Waals surface area contributed by atoms with Crippen molar-refractivity contribution >= 4 is 39.2 Å². The van der Waals surface area contributed by atoms with Crippen LogP contribution in [0.5, 0.6) is 0 Å². The fourth-order valence-corrected chi connectivity index (χ4v) is 2.97. The number of hydrogen-bond donors (Lipinski definition) is 1. The summed E-state index contributed by atoms with van der Waals surface area (Å²) in [6.07, 6.45) is 1.75. The number of nitrogens with zero attached hydrogens (tertiary/aromatic N) is 3. The molecule has 6 nitrogen and oxygen atoms in total. The van der Waals surface area contributed by atoms with Crippen LogP contribution in [0.1, 0.15) is 0 Å². The number of anilines is 2. The quantitative estimate of drug-likeness (QED) is 0.800. The average molecular weight is 389 g/mol. The van der Waals surface area contributed by atoms with E-state index in [1.165, 1.54) is 0 Å². The molecule has 1 N–H and O–H groups in total. The van der Waals surface area contributed by atoms with E-state index in [9.17, 15) is 9.59 Å². The van der Waals surface area contributed by atoms with Gasteiger partial charge in [-0.15, -0.1) is 0 Å². The average Bonchev–Trinajstić information content (AvgIpc) is 2.62. The molecule has 1 saturated heterocycles. The summed E-state index contributed by atoms with van der Waals surface area (Å²) < 4.78 is 0.844. The van der Waals surface area contributed by atoms with Crippen molar-refractivity contribution in [3.63, 3.8) is 0 Å². The van der Waals surface area contributed by atoms with Gasteiger partial charge in [0.25, 0.3) is 0 Å². The van der Waals surface area contributed by atoms with E-state index in [1.54, 1.807) is 29.3 Å². The highest BCUT2D eigenvalue weighted by Gasteiger charge is 2.26. The Morgan fingerprint density at radius 2 is 1.83 bits per heavy atom. The minimum atomic E-state index is -0.612. The van der Waals surface area contributed by atoms with Crippen molar-refractivity contribution in [2.45, 2.75) is 0 Å². The molecule has 1 aliphatic heterocycles. The molecule has 24 heavy (non-hydrogen) atoms. The number of halogens is 1. The number of hydrogen-bond acceptors (Lipinski definition) is 4. The lowest BCUT2D eigenvalue weighted by atomic mass is 10.2. The lowest BCUT2D eigenvalue weighted by Gasteiger charge is -2.34. The Morgan fingerprint density at radius 3 is 2.50 bits per heavy atom. The smallest absolute Gasteiger partial charge is 0.313 e. The predicted octanol–water partition coefficient (Wildman–Crippen LogP) is 2.13. The third-order valence-electron chi connectivity index (χ3n) is 3.82. The second-order valence-corrected chi connectivity index (χ2v) is 6.35. The van der Waals surface area contributed by atoms with Crippen LogP contribution in [-0.4, -0.2) is 47.9 Å². The molecule has 0 radical (unpaired) electrons. The van der Waals surface area contributed by atoms with Crippen LogP contribution in [0.15, 0.2) is 53.1 Å². The monoisotopic (exact) mass is 388 g/mol. The maximum Gasteiger partial charge on any atom is 0.313 e. The molecule has 1 fully saturated rings. The number of aromatic nitrogens is 1. The minimum Gasteiger partial charge on any atom is -0.353 e. The molecule has 2 heterocycles. The van der Waals surface area contributed by atoms with Crippen molar-refractivity contribution < 1.29 is 9.59 Å². The third kappa shape index (κ3) is 3.91. The first kappa shape index (κ1) is 16.4. The highest BCUT2D eigenvalue weighted by atomic mass is 79.9. The van der Waals surface area contributed by atoms with E-state index >= 15 is 0 Å². The first-order chi connectivity index (χ1) is 11.6. The molecule has 3 rings (SSSR count). The molecule has 124 valence electrons. The number of carbonyl (C=O) groups excluding carboxylic acids is 2. The molecular formula is C17H17BrN4O2. The van der Waals surface area contributed by atoms with E-state index in [4.69, 9.17) is 0 Å². The summed E-state index contributed by atoms with van der Waals surface area (Å²) in [6.45, 7) is 2.32. The van der Waals surface area contributed by atoms with Gasteiger partial charge < -0.3 is 15.1 Å². The summed E-state index contributed by atoms with van der Waals surface area (Å²) in [5, 5.41) is 2.64. The highest BCUT2D eigenvalue weighted by molar-refractivity contribution is 9.10. The molecule has 0 unspecified atom stereocenters. The number of benzene rings is 1. The Kier molecular flexibility index (Phi) is 5.10. The summed E-state index contributed by atoms with van der Waals surface area (Å²) in [5.41, 5.74) is 0.592. The molecule has 1 aromatic heterocycles. The topological polar surface area (TPSA) is 65.5 Å². The zero-order valence-corrected chi connectivity index (χ0v) is 14.6. The van der Waals surface area contributed by atoms with Crippen molar-refractivity contribution in [1.82, 2.24) is 9.88 Å². The maximum absolute atomic E-state index is 12.3. The summed E-state index contributed by atoms with van der Waals surface area (Å²) in [4.78, 5) is 32.4. The fraction of sp³-hybridized carbons (Fsp3) is 0.235. The number of pyridine rings is 1. The van der Waals surface area contributed by atoms with E-state index in [1.807, 2.05) is 24.3 Å². The molecule has 2 amide bonds. The Labute approximate surface area is 148 Å². The molecule has 2 aromatic rings. The first-order valence-corrected chi connectivity index (χ1v) is 8.44. The van der Waals surface area contributed by atoms with Crippen molar-refractivity contribution in [1.29, 1.82) is 0 Å². The molecule has 1 aromatic carbocycles.